The van der Waals surface area contributed by atoms with Crippen LogP contribution < -0.4 is 0 Å². The van der Waals surface area contributed by atoms with Gasteiger partial charge in [-0.2, -0.15) is 0 Å². The van der Waals surface area contributed by atoms with Crippen LogP contribution in [0.2, 0.25) is 0 Å². The minimum Gasteiger partial charge on any atom is -0.464 e. The molecule has 0 fully saturated rings. The summed E-state index contributed by atoms with van der Waals surface area (Å²) < 4.78 is 18.6. The Kier molecular flexibility index (Phi) is 4.39. The van der Waals surface area contributed by atoms with Crippen molar-refractivity contribution < 1.29 is 18.7 Å². The molecule has 1 unspecified atom stereocenters. The summed E-state index contributed by atoms with van der Waals surface area (Å²) in [5.74, 6) is -1.08. The number of carbonyl (C=O) groups is 2. The second kappa shape index (κ2) is 6.87. The smallest absolute Gasteiger partial charge is 0.329 e. The Balaban J connectivity index is 1.71. The molecule has 3 aromatic rings. The minimum absolute atomic E-state index is 0.255. The van der Waals surface area contributed by atoms with Crippen molar-refractivity contribution in [2.75, 3.05) is 6.61 Å². The number of aromatic amines is 1. The molecule has 0 bridgehead atoms. The van der Waals surface area contributed by atoms with Crippen LogP contribution >= 0.6 is 0 Å². The van der Waals surface area contributed by atoms with E-state index in [1.54, 1.807) is 19.1 Å². The fourth-order valence-electron chi connectivity index (χ4n) is 3.56. The molecule has 2 aromatic carbocycles. The molecule has 1 atom stereocenters. The van der Waals surface area contributed by atoms with Crippen LogP contribution in [0.5, 0.6) is 0 Å². The molecule has 1 N–H and O–H groups in total. The van der Waals surface area contributed by atoms with Crippen LogP contribution in [0.1, 0.15) is 28.5 Å². The van der Waals surface area contributed by atoms with Gasteiger partial charge in [0.05, 0.1) is 6.61 Å². The van der Waals surface area contributed by atoms with Crippen LogP contribution in [0.25, 0.3) is 10.9 Å². The maximum absolute atomic E-state index is 13.4. The molecule has 1 aliphatic rings. The molecule has 0 radical (unpaired) electrons. The highest BCUT2D eigenvalue weighted by Gasteiger charge is 2.36. The Hall–Kier alpha value is -3.15. The van der Waals surface area contributed by atoms with E-state index in [-0.39, 0.29) is 18.3 Å². The van der Waals surface area contributed by atoms with Crippen molar-refractivity contribution in [2.24, 2.45) is 0 Å². The van der Waals surface area contributed by atoms with Crippen molar-refractivity contribution in [3.05, 3.63) is 71.2 Å². The zero-order valence-electron chi connectivity index (χ0n) is 14.9. The number of aromatic nitrogens is 1. The predicted molar refractivity (Wildman–Crippen MR) is 98.7 cm³/mol. The van der Waals surface area contributed by atoms with E-state index in [1.807, 2.05) is 24.3 Å². The lowest BCUT2D eigenvalue weighted by molar-refractivity contribution is -0.149. The lowest BCUT2D eigenvalue weighted by Crippen LogP contribution is -2.49. The number of H-pyrrole nitrogens is 1. The van der Waals surface area contributed by atoms with Gasteiger partial charge in [0.1, 0.15) is 17.6 Å². The largest absolute Gasteiger partial charge is 0.464 e. The number of halogens is 1. The molecule has 6 heteroatoms. The second-order valence-corrected chi connectivity index (χ2v) is 6.59. The number of amides is 1. The maximum Gasteiger partial charge on any atom is 0.329 e. The quantitative estimate of drug-likeness (QED) is 0.723. The van der Waals surface area contributed by atoms with Crippen LogP contribution in [-0.4, -0.2) is 34.4 Å². The van der Waals surface area contributed by atoms with Crippen molar-refractivity contribution in [3.8, 4) is 0 Å². The number of ether oxygens (including phenoxy) is 1. The molecule has 4 rings (SSSR count). The van der Waals surface area contributed by atoms with E-state index in [9.17, 15) is 14.0 Å². The van der Waals surface area contributed by atoms with Gasteiger partial charge in [-0.05, 0) is 42.3 Å². The zero-order valence-corrected chi connectivity index (χ0v) is 14.9. The van der Waals surface area contributed by atoms with Crippen molar-refractivity contribution in [2.45, 2.75) is 25.9 Å². The molecular formula is C21H19FN2O3. The maximum atomic E-state index is 13.4. The van der Waals surface area contributed by atoms with Gasteiger partial charge in [0, 0.05) is 23.9 Å². The number of benzene rings is 2. The number of nitrogens with zero attached hydrogens (tertiary/aromatic N) is 1. The third kappa shape index (κ3) is 3.18. The minimum atomic E-state index is -0.685. The van der Waals surface area contributed by atoms with E-state index >= 15 is 0 Å². The Labute approximate surface area is 155 Å². The summed E-state index contributed by atoms with van der Waals surface area (Å²) in [7, 11) is 0. The number of hydrogen-bond acceptors (Lipinski definition) is 3. The van der Waals surface area contributed by atoms with E-state index in [0.717, 1.165) is 11.1 Å². The summed E-state index contributed by atoms with van der Waals surface area (Å²) in [6.45, 7) is 2.32. The number of rotatable bonds is 3. The highest BCUT2D eigenvalue weighted by Crippen LogP contribution is 2.27. The van der Waals surface area contributed by atoms with Gasteiger partial charge in [-0.3, -0.25) is 4.79 Å². The summed E-state index contributed by atoms with van der Waals surface area (Å²) >= 11 is 0. The molecule has 0 saturated carbocycles. The molecular weight excluding hydrogens is 347 g/mol. The molecule has 0 saturated heterocycles. The SMILES string of the molecule is CCOC(=O)C1Cc2ccccc2CN1C(=O)c1cc2cc(F)ccc2[nH]1. The first-order valence-electron chi connectivity index (χ1n) is 8.89. The summed E-state index contributed by atoms with van der Waals surface area (Å²) in [5.41, 5.74) is 3.04. The number of carbonyl (C=O) groups excluding carboxylic acids is 2. The molecule has 27 heavy (non-hydrogen) atoms. The topological polar surface area (TPSA) is 62.4 Å². The Morgan fingerprint density at radius 1 is 1.19 bits per heavy atom. The van der Waals surface area contributed by atoms with Gasteiger partial charge in [-0.1, -0.05) is 24.3 Å². The molecule has 1 amide bonds. The van der Waals surface area contributed by atoms with Gasteiger partial charge >= 0.3 is 5.97 Å². The average Bonchev–Trinajstić information content (AvgIpc) is 3.09. The highest BCUT2D eigenvalue weighted by molar-refractivity contribution is 6.00. The van der Waals surface area contributed by atoms with E-state index in [2.05, 4.69) is 4.98 Å². The summed E-state index contributed by atoms with van der Waals surface area (Å²) in [6, 6.07) is 13.0. The fraction of sp³-hybridized carbons (Fsp3) is 0.238. The van der Waals surface area contributed by atoms with Crippen LogP contribution in [0.3, 0.4) is 0 Å². The predicted octanol–water partition coefficient (Wildman–Crippen LogP) is 3.44. The van der Waals surface area contributed by atoms with Gasteiger partial charge < -0.3 is 14.6 Å². The van der Waals surface area contributed by atoms with Gasteiger partial charge in [0.15, 0.2) is 0 Å². The Bertz CT molecular complexity index is 1030. The fourth-order valence-corrected chi connectivity index (χ4v) is 3.56. The normalized spacial score (nSPS) is 16.2. The van der Waals surface area contributed by atoms with Crippen molar-refractivity contribution >= 4 is 22.8 Å². The lowest BCUT2D eigenvalue weighted by Gasteiger charge is -2.35. The van der Waals surface area contributed by atoms with E-state index in [0.29, 0.717) is 29.6 Å². The first-order chi connectivity index (χ1) is 13.1. The molecule has 138 valence electrons. The molecule has 5 nitrogen and oxygen atoms in total. The third-order valence-electron chi connectivity index (χ3n) is 4.88. The number of esters is 1. The number of fused-ring (bicyclic) bond motifs is 2. The van der Waals surface area contributed by atoms with Crippen LogP contribution in [-0.2, 0) is 22.5 Å². The van der Waals surface area contributed by atoms with E-state index in [1.165, 1.54) is 17.0 Å². The van der Waals surface area contributed by atoms with Crippen molar-refractivity contribution in [1.29, 1.82) is 0 Å². The summed E-state index contributed by atoms with van der Waals surface area (Å²) in [4.78, 5) is 30.2. The van der Waals surface area contributed by atoms with E-state index in [4.69, 9.17) is 4.74 Å². The summed E-state index contributed by atoms with van der Waals surface area (Å²) in [6.07, 6.45) is 0.412. The zero-order chi connectivity index (χ0) is 19.0. The van der Waals surface area contributed by atoms with E-state index < -0.39 is 12.0 Å². The second-order valence-electron chi connectivity index (χ2n) is 6.59. The Morgan fingerprint density at radius 3 is 2.74 bits per heavy atom. The van der Waals surface area contributed by atoms with Gasteiger partial charge in [0.25, 0.3) is 5.91 Å². The summed E-state index contributed by atoms with van der Waals surface area (Å²) in [5, 5.41) is 0.614. The average molecular weight is 366 g/mol. The monoisotopic (exact) mass is 366 g/mol. The first-order valence-corrected chi connectivity index (χ1v) is 8.89. The number of hydrogen-bond donors (Lipinski definition) is 1. The number of nitrogens with one attached hydrogen (secondary N) is 1. The third-order valence-corrected chi connectivity index (χ3v) is 4.88. The lowest BCUT2D eigenvalue weighted by atomic mass is 9.93. The molecule has 1 aliphatic heterocycles. The molecule has 1 aromatic heterocycles. The van der Waals surface area contributed by atoms with Gasteiger partial charge in [0.2, 0.25) is 0 Å². The van der Waals surface area contributed by atoms with Crippen LogP contribution in [0, 0.1) is 5.82 Å². The standard InChI is InChI=1S/C21H19FN2O3/c1-2-27-21(26)19-11-13-5-3-4-6-14(13)12-24(19)20(25)18-10-15-9-16(22)7-8-17(15)23-18/h3-10,19,23H,2,11-12H2,1H3. The molecule has 0 aliphatic carbocycles. The van der Waals surface area contributed by atoms with Crippen LogP contribution in [0.15, 0.2) is 48.5 Å². The van der Waals surface area contributed by atoms with Gasteiger partial charge in [-0.15, -0.1) is 0 Å². The first kappa shape index (κ1) is 17.3. The van der Waals surface area contributed by atoms with Crippen molar-refractivity contribution in [3.63, 3.8) is 0 Å². The van der Waals surface area contributed by atoms with Crippen LogP contribution in [0.4, 0.5) is 4.39 Å². The molecule has 0 spiro atoms. The molecule has 2 heterocycles. The van der Waals surface area contributed by atoms with Gasteiger partial charge in [-0.25, -0.2) is 9.18 Å². The van der Waals surface area contributed by atoms with Crippen molar-refractivity contribution in [1.82, 2.24) is 9.88 Å². The Morgan fingerprint density at radius 2 is 1.96 bits per heavy atom. The highest BCUT2D eigenvalue weighted by atomic mass is 19.1.